The standard InChI is InChI=1S/C12H8F3IN2/c13-6-3-9(15)12(10(17)4-6)18-11-2-1-7(16)5-8(11)14/h1-5,18H,17H2. The van der Waals surface area contributed by atoms with Crippen LogP contribution in [0.25, 0.3) is 0 Å². The molecular weight excluding hydrogens is 356 g/mol. The highest BCUT2D eigenvalue weighted by atomic mass is 127. The van der Waals surface area contributed by atoms with Crippen LogP contribution in [0.1, 0.15) is 0 Å². The molecule has 0 bridgehead atoms. The quantitative estimate of drug-likeness (QED) is 0.624. The molecule has 0 aliphatic heterocycles. The highest BCUT2D eigenvalue weighted by molar-refractivity contribution is 14.1. The van der Waals surface area contributed by atoms with Gasteiger partial charge in [-0.05, 0) is 46.9 Å². The molecule has 0 radical (unpaired) electrons. The summed E-state index contributed by atoms with van der Waals surface area (Å²) in [5.74, 6) is -2.19. The first-order chi connectivity index (χ1) is 8.47. The second-order valence-electron chi connectivity index (χ2n) is 3.60. The highest BCUT2D eigenvalue weighted by Gasteiger charge is 2.11. The topological polar surface area (TPSA) is 38.0 Å². The lowest BCUT2D eigenvalue weighted by Gasteiger charge is -2.11. The third kappa shape index (κ3) is 2.69. The van der Waals surface area contributed by atoms with E-state index in [4.69, 9.17) is 5.73 Å². The first kappa shape index (κ1) is 13.0. The third-order valence-corrected chi connectivity index (χ3v) is 2.95. The number of halogens is 4. The van der Waals surface area contributed by atoms with Gasteiger partial charge in [-0.15, -0.1) is 0 Å². The molecule has 0 atom stereocenters. The smallest absolute Gasteiger partial charge is 0.151 e. The van der Waals surface area contributed by atoms with Crippen molar-refractivity contribution in [1.29, 1.82) is 0 Å². The van der Waals surface area contributed by atoms with E-state index in [1.165, 1.54) is 12.1 Å². The fraction of sp³-hybridized carbons (Fsp3) is 0. The summed E-state index contributed by atoms with van der Waals surface area (Å²) in [6.07, 6.45) is 0. The minimum absolute atomic E-state index is 0.0765. The second kappa shape index (κ2) is 5.05. The summed E-state index contributed by atoms with van der Waals surface area (Å²) in [6, 6.07) is 6.06. The van der Waals surface area contributed by atoms with Gasteiger partial charge < -0.3 is 11.1 Å². The van der Waals surface area contributed by atoms with Crippen molar-refractivity contribution in [2.75, 3.05) is 11.1 Å². The van der Waals surface area contributed by atoms with E-state index in [2.05, 4.69) is 5.32 Å². The molecule has 0 aliphatic rings. The lowest BCUT2D eigenvalue weighted by atomic mass is 10.2. The molecule has 0 spiro atoms. The lowest BCUT2D eigenvalue weighted by Crippen LogP contribution is -2.02. The van der Waals surface area contributed by atoms with Gasteiger partial charge in [0.15, 0.2) is 5.82 Å². The van der Waals surface area contributed by atoms with Gasteiger partial charge in [0.2, 0.25) is 0 Å². The zero-order valence-corrected chi connectivity index (χ0v) is 11.1. The van der Waals surface area contributed by atoms with E-state index >= 15 is 0 Å². The van der Waals surface area contributed by atoms with Crippen molar-refractivity contribution in [3.63, 3.8) is 0 Å². The summed E-state index contributed by atoms with van der Waals surface area (Å²) in [7, 11) is 0. The van der Waals surface area contributed by atoms with Crippen LogP contribution in [0.2, 0.25) is 0 Å². The fourth-order valence-corrected chi connectivity index (χ4v) is 1.90. The Labute approximate surface area is 115 Å². The number of hydrogen-bond donors (Lipinski definition) is 2. The fourth-order valence-electron chi connectivity index (χ4n) is 1.45. The number of nitrogens with one attached hydrogen (secondary N) is 1. The van der Waals surface area contributed by atoms with Crippen LogP contribution in [0.15, 0.2) is 30.3 Å². The first-order valence-electron chi connectivity index (χ1n) is 4.94. The number of nitrogen functional groups attached to an aromatic ring is 1. The number of hydrogen-bond acceptors (Lipinski definition) is 2. The Hall–Kier alpha value is -1.44. The molecule has 0 aliphatic carbocycles. The number of rotatable bonds is 2. The maximum atomic E-state index is 13.6. The molecule has 0 saturated heterocycles. The first-order valence-corrected chi connectivity index (χ1v) is 6.02. The molecular formula is C12H8F3IN2. The van der Waals surface area contributed by atoms with Crippen molar-refractivity contribution in [1.82, 2.24) is 0 Å². The molecule has 0 saturated carbocycles. The minimum atomic E-state index is -0.870. The molecule has 0 fully saturated rings. The Bertz CT molecular complexity index is 579. The van der Waals surface area contributed by atoms with Gasteiger partial charge in [0.05, 0.1) is 17.1 Å². The zero-order valence-electron chi connectivity index (χ0n) is 8.98. The van der Waals surface area contributed by atoms with Crippen molar-refractivity contribution in [2.45, 2.75) is 0 Å². The minimum Gasteiger partial charge on any atom is -0.397 e. The Morgan fingerprint density at radius 2 is 1.72 bits per heavy atom. The Morgan fingerprint density at radius 3 is 2.33 bits per heavy atom. The van der Waals surface area contributed by atoms with E-state index in [-0.39, 0.29) is 17.1 Å². The summed E-state index contributed by atoms with van der Waals surface area (Å²) < 4.78 is 40.6. The van der Waals surface area contributed by atoms with Crippen molar-refractivity contribution < 1.29 is 13.2 Å². The van der Waals surface area contributed by atoms with Crippen LogP contribution in [0.4, 0.5) is 30.2 Å². The number of benzene rings is 2. The molecule has 3 N–H and O–H groups in total. The molecule has 6 heteroatoms. The van der Waals surface area contributed by atoms with E-state index in [0.29, 0.717) is 9.64 Å². The molecule has 0 amide bonds. The predicted octanol–water partition coefficient (Wildman–Crippen LogP) is 4.03. The van der Waals surface area contributed by atoms with Crippen LogP contribution in [0.5, 0.6) is 0 Å². The molecule has 0 aromatic heterocycles. The SMILES string of the molecule is Nc1cc(F)cc(F)c1Nc1ccc(I)cc1F. The number of nitrogens with two attached hydrogens (primary N) is 1. The van der Waals surface area contributed by atoms with Crippen LogP contribution >= 0.6 is 22.6 Å². The third-order valence-electron chi connectivity index (χ3n) is 2.28. The van der Waals surface area contributed by atoms with Crippen LogP contribution in [-0.2, 0) is 0 Å². The largest absolute Gasteiger partial charge is 0.397 e. The van der Waals surface area contributed by atoms with Gasteiger partial charge in [-0.3, -0.25) is 0 Å². The zero-order chi connectivity index (χ0) is 13.3. The number of anilines is 3. The Morgan fingerprint density at radius 1 is 1.00 bits per heavy atom. The molecule has 2 aromatic rings. The van der Waals surface area contributed by atoms with E-state index in [0.717, 1.165) is 6.07 Å². The lowest BCUT2D eigenvalue weighted by molar-refractivity contribution is 0.586. The van der Waals surface area contributed by atoms with E-state index in [9.17, 15) is 13.2 Å². The maximum Gasteiger partial charge on any atom is 0.151 e. The monoisotopic (exact) mass is 364 g/mol. The Balaban J connectivity index is 2.40. The van der Waals surface area contributed by atoms with Crippen molar-refractivity contribution in [3.05, 3.63) is 51.4 Å². The van der Waals surface area contributed by atoms with E-state index in [1.54, 1.807) is 6.07 Å². The molecule has 2 rings (SSSR count). The predicted molar refractivity (Wildman–Crippen MR) is 73.2 cm³/mol. The molecule has 2 aromatic carbocycles. The molecule has 0 unspecified atom stereocenters. The summed E-state index contributed by atoms with van der Waals surface area (Å²) in [5.41, 5.74) is 5.30. The second-order valence-corrected chi connectivity index (χ2v) is 4.85. The normalized spacial score (nSPS) is 10.4. The summed E-state index contributed by atoms with van der Waals surface area (Å²) in [4.78, 5) is 0. The van der Waals surface area contributed by atoms with Crippen LogP contribution < -0.4 is 11.1 Å². The maximum absolute atomic E-state index is 13.6. The summed E-state index contributed by atoms with van der Waals surface area (Å²) in [5, 5.41) is 2.52. The van der Waals surface area contributed by atoms with Crippen LogP contribution in [-0.4, -0.2) is 0 Å². The van der Waals surface area contributed by atoms with Crippen LogP contribution in [0, 0.1) is 21.0 Å². The average Bonchev–Trinajstić information content (AvgIpc) is 2.25. The molecule has 2 nitrogen and oxygen atoms in total. The summed E-state index contributed by atoms with van der Waals surface area (Å²) >= 11 is 1.95. The van der Waals surface area contributed by atoms with Gasteiger partial charge >= 0.3 is 0 Å². The van der Waals surface area contributed by atoms with Crippen molar-refractivity contribution in [3.8, 4) is 0 Å². The molecule has 18 heavy (non-hydrogen) atoms. The van der Waals surface area contributed by atoms with Gasteiger partial charge in [-0.25, -0.2) is 13.2 Å². The molecule has 0 heterocycles. The van der Waals surface area contributed by atoms with Gasteiger partial charge in [0.1, 0.15) is 11.6 Å². The van der Waals surface area contributed by atoms with Crippen molar-refractivity contribution in [2.24, 2.45) is 0 Å². The Kier molecular flexibility index (Phi) is 3.65. The van der Waals surface area contributed by atoms with E-state index in [1.807, 2.05) is 22.6 Å². The average molecular weight is 364 g/mol. The van der Waals surface area contributed by atoms with Gasteiger partial charge in [0, 0.05) is 9.64 Å². The molecule has 94 valence electrons. The van der Waals surface area contributed by atoms with Crippen LogP contribution in [0.3, 0.4) is 0 Å². The van der Waals surface area contributed by atoms with Gasteiger partial charge in [-0.2, -0.15) is 0 Å². The van der Waals surface area contributed by atoms with Gasteiger partial charge in [-0.1, -0.05) is 0 Å². The van der Waals surface area contributed by atoms with E-state index < -0.39 is 17.5 Å². The van der Waals surface area contributed by atoms with Crippen molar-refractivity contribution >= 4 is 39.7 Å². The van der Waals surface area contributed by atoms with Gasteiger partial charge in [0.25, 0.3) is 0 Å². The summed E-state index contributed by atoms with van der Waals surface area (Å²) in [6.45, 7) is 0. The highest BCUT2D eigenvalue weighted by Crippen LogP contribution is 2.29.